The molecule has 0 unspecified atom stereocenters. The summed E-state index contributed by atoms with van der Waals surface area (Å²) in [6, 6.07) is 0. The molecule has 0 saturated heterocycles. The van der Waals surface area contributed by atoms with Crippen molar-refractivity contribution in [2.24, 2.45) is 0 Å². The minimum Gasteiger partial charge on any atom is -0.336 e. The number of hydrogen-bond donors (Lipinski definition) is 1. The Morgan fingerprint density at radius 3 is 2.58 bits per heavy atom. The summed E-state index contributed by atoms with van der Waals surface area (Å²) >= 11 is 0. The third-order valence-corrected chi connectivity index (χ3v) is 0.875. The van der Waals surface area contributed by atoms with Gasteiger partial charge in [0.1, 0.15) is 6.29 Å². The monoisotopic (exact) mass is 171 g/mol. The van der Waals surface area contributed by atoms with Crippen LogP contribution in [-0.2, 0) is 19.2 Å². The molecule has 0 atom stereocenters. The van der Waals surface area contributed by atoms with E-state index in [2.05, 4.69) is 11.4 Å². The second-order valence-corrected chi connectivity index (χ2v) is 2.07. The highest BCUT2D eigenvalue weighted by atomic mass is 16.7. The Bertz CT molecular complexity index is 221. The zero-order valence-electron chi connectivity index (χ0n) is 6.62. The van der Waals surface area contributed by atoms with Crippen LogP contribution in [0, 0.1) is 0 Å². The molecule has 66 valence electrons. The van der Waals surface area contributed by atoms with Crippen molar-refractivity contribution in [3.05, 3.63) is 12.2 Å². The van der Waals surface area contributed by atoms with Crippen molar-refractivity contribution in [1.29, 1.82) is 0 Å². The Morgan fingerprint density at radius 2 is 2.17 bits per heavy atom. The van der Waals surface area contributed by atoms with E-state index in [-0.39, 0.29) is 12.0 Å². The molecule has 5 nitrogen and oxygen atoms in total. The molecule has 0 aliphatic heterocycles. The zero-order valence-corrected chi connectivity index (χ0v) is 6.62. The first-order valence-electron chi connectivity index (χ1n) is 3.17. The number of aldehydes is 1. The number of nitrogens with one attached hydrogen (secondary N) is 1. The molecule has 1 amide bonds. The van der Waals surface area contributed by atoms with Gasteiger partial charge in [-0.2, -0.15) is 5.48 Å². The molecular weight excluding hydrogens is 162 g/mol. The Morgan fingerprint density at radius 1 is 1.58 bits per heavy atom. The molecule has 0 aliphatic rings. The van der Waals surface area contributed by atoms with Crippen LogP contribution in [0.3, 0.4) is 0 Å². The normalized spacial score (nSPS) is 8.42. The number of hydrogen-bond acceptors (Lipinski definition) is 4. The Hall–Kier alpha value is -1.65. The molecule has 0 aromatic rings. The Kier molecular flexibility index (Phi) is 4.36. The fourth-order valence-electron chi connectivity index (χ4n) is 0.308. The topological polar surface area (TPSA) is 72.5 Å². The highest BCUT2D eigenvalue weighted by Crippen LogP contribution is 1.88. The van der Waals surface area contributed by atoms with Crippen LogP contribution >= 0.6 is 0 Å². The number of amides is 1. The number of rotatable bonds is 3. The van der Waals surface area contributed by atoms with Crippen LogP contribution in [0.1, 0.15) is 13.3 Å². The van der Waals surface area contributed by atoms with Gasteiger partial charge in [-0.25, -0.2) is 4.79 Å². The molecule has 0 aromatic heterocycles. The maximum atomic E-state index is 10.6. The standard InChI is InChI=1S/C7H9NO4/c1-5(2)7(11)12-8-6(10)3-4-9/h4H,1,3H2,2H3,(H,8,10). The van der Waals surface area contributed by atoms with Crippen molar-refractivity contribution in [3.63, 3.8) is 0 Å². The molecule has 0 fully saturated rings. The molecule has 5 heteroatoms. The van der Waals surface area contributed by atoms with E-state index in [0.717, 1.165) is 0 Å². The van der Waals surface area contributed by atoms with Crippen molar-refractivity contribution < 1.29 is 19.2 Å². The molecule has 0 bridgehead atoms. The summed E-state index contributed by atoms with van der Waals surface area (Å²) < 4.78 is 0. The van der Waals surface area contributed by atoms with Crippen molar-refractivity contribution in [2.75, 3.05) is 0 Å². The summed E-state index contributed by atoms with van der Waals surface area (Å²) in [6.07, 6.45) is 0.0768. The average Bonchev–Trinajstić information content (AvgIpc) is 2.00. The minimum atomic E-state index is -0.728. The van der Waals surface area contributed by atoms with E-state index in [0.29, 0.717) is 6.29 Å². The first-order valence-corrected chi connectivity index (χ1v) is 3.17. The smallest absolute Gasteiger partial charge is 0.336 e. The van der Waals surface area contributed by atoms with Crippen molar-refractivity contribution in [2.45, 2.75) is 13.3 Å². The fourth-order valence-corrected chi connectivity index (χ4v) is 0.308. The average molecular weight is 171 g/mol. The highest BCUT2D eigenvalue weighted by Gasteiger charge is 2.05. The Labute approximate surface area is 69.3 Å². The van der Waals surface area contributed by atoms with Gasteiger partial charge in [0.05, 0.1) is 6.42 Å². The van der Waals surface area contributed by atoms with Crippen LogP contribution in [0.25, 0.3) is 0 Å². The molecule has 12 heavy (non-hydrogen) atoms. The predicted molar refractivity (Wildman–Crippen MR) is 39.7 cm³/mol. The molecule has 1 N–H and O–H groups in total. The molecule has 0 heterocycles. The molecule has 0 aliphatic carbocycles. The van der Waals surface area contributed by atoms with Gasteiger partial charge < -0.3 is 9.63 Å². The Balaban J connectivity index is 3.68. The second-order valence-electron chi connectivity index (χ2n) is 2.07. The summed E-state index contributed by atoms with van der Waals surface area (Å²) in [5.74, 6) is -1.39. The van der Waals surface area contributed by atoms with Gasteiger partial charge in [0.2, 0.25) is 0 Å². The van der Waals surface area contributed by atoms with Crippen LogP contribution in [-0.4, -0.2) is 18.2 Å². The van der Waals surface area contributed by atoms with Gasteiger partial charge in [0.25, 0.3) is 5.91 Å². The van der Waals surface area contributed by atoms with E-state index in [1.165, 1.54) is 6.92 Å². The summed E-state index contributed by atoms with van der Waals surface area (Å²) in [6.45, 7) is 4.72. The van der Waals surface area contributed by atoms with Crippen LogP contribution in [0.5, 0.6) is 0 Å². The van der Waals surface area contributed by atoms with Gasteiger partial charge in [-0.1, -0.05) is 6.58 Å². The SMILES string of the molecule is C=C(C)C(=O)ONC(=O)CC=O. The lowest BCUT2D eigenvalue weighted by atomic mass is 10.4. The van der Waals surface area contributed by atoms with E-state index in [1.54, 1.807) is 5.48 Å². The van der Waals surface area contributed by atoms with E-state index in [1.807, 2.05) is 0 Å². The first kappa shape index (κ1) is 10.3. The lowest BCUT2D eigenvalue weighted by molar-refractivity contribution is -0.154. The largest absolute Gasteiger partial charge is 0.358 e. The van der Waals surface area contributed by atoms with E-state index in [4.69, 9.17) is 0 Å². The number of carbonyl (C=O) groups excluding carboxylic acids is 3. The predicted octanol–water partition coefficient (Wildman–Crippen LogP) is -0.274. The third kappa shape index (κ3) is 4.21. The van der Waals surface area contributed by atoms with Gasteiger partial charge >= 0.3 is 5.97 Å². The van der Waals surface area contributed by atoms with E-state index in [9.17, 15) is 14.4 Å². The third-order valence-electron chi connectivity index (χ3n) is 0.875. The van der Waals surface area contributed by atoms with Crippen LogP contribution in [0.15, 0.2) is 12.2 Å². The molecule has 0 rings (SSSR count). The first-order chi connectivity index (χ1) is 5.57. The molecule has 0 spiro atoms. The lowest BCUT2D eigenvalue weighted by Crippen LogP contribution is -2.27. The van der Waals surface area contributed by atoms with Gasteiger partial charge in [-0.05, 0) is 6.92 Å². The quantitative estimate of drug-likeness (QED) is 0.274. The summed E-state index contributed by atoms with van der Waals surface area (Å²) in [5, 5.41) is 0. The molecular formula is C7H9NO4. The maximum Gasteiger partial charge on any atom is 0.358 e. The van der Waals surface area contributed by atoms with Crippen LogP contribution in [0.4, 0.5) is 0 Å². The number of hydroxylamine groups is 1. The molecule has 0 saturated carbocycles. The minimum absolute atomic E-state index is 0.168. The van der Waals surface area contributed by atoms with Crippen molar-refractivity contribution in [3.8, 4) is 0 Å². The zero-order chi connectivity index (χ0) is 9.56. The maximum absolute atomic E-state index is 10.6. The summed E-state index contributed by atoms with van der Waals surface area (Å²) in [4.78, 5) is 35.1. The summed E-state index contributed by atoms with van der Waals surface area (Å²) in [5.41, 5.74) is 1.95. The van der Waals surface area contributed by atoms with E-state index < -0.39 is 11.9 Å². The van der Waals surface area contributed by atoms with Crippen LogP contribution in [0.2, 0.25) is 0 Å². The van der Waals surface area contributed by atoms with Gasteiger partial charge in [0, 0.05) is 5.57 Å². The molecule has 0 radical (unpaired) electrons. The van der Waals surface area contributed by atoms with E-state index >= 15 is 0 Å². The van der Waals surface area contributed by atoms with Gasteiger partial charge in [0.15, 0.2) is 0 Å². The van der Waals surface area contributed by atoms with Gasteiger partial charge in [-0.3, -0.25) is 4.79 Å². The summed E-state index contributed by atoms with van der Waals surface area (Å²) in [7, 11) is 0. The van der Waals surface area contributed by atoms with Crippen molar-refractivity contribution >= 4 is 18.2 Å². The van der Waals surface area contributed by atoms with Crippen LogP contribution < -0.4 is 5.48 Å². The number of carbonyl (C=O) groups is 3. The lowest BCUT2D eigenvalue weighted by Gasteiger charge is -2.01. The fraction of sp³-hybridized carbons (Fsp3) is 0.286. The molecule has 0 aromatic carbocycles. The van der Waals surface area contributed by atoms with Crippen molar-refractivity contribution in [1.82, 2.24) is 5.48 Å². The highest BCUT2D eigenvalue weighted by molar-refractivity contribution is 5.90. The van der Waals surface area contributed by atoms with Gasteiger partial charge in [-0.15, -0.1) is 0 Å². The second kappa shape index (κ2) is 5.06.